The lowest BCUT2D eigenvalue weighted by atomic mass is 9.92. The van der Waals surface area contributed by atoms with Crippen LogP contribution in [0.2, 0.25) is 5.02 Å². The van der Waals surface area contributed by atoms with Gasteiger partial charge in [0.15, 0.2) is 0 Å². The molecule has 10 nitrogen and oxygen atoms in total. The van der Waals surface area contributed by atoms with E-state index in [9.17, 15) is 14.7 Å². The summed E-state index contributed by atoms with van der Waals surface area (Å²) in [6.45, 7) is 5.11. The van der Waals surface area contributed by atoms with Crippen LogP contribution < -0.4 is 4.90 Å². The Hall–Kier alpha value is -4.61. The molecule has 5 heterocycles. The van der Waals surface area contributed by atoms with E-state index in [0.717, 1.165) is 74.4 Å². The largest absolute Gasteiger partial charge is 0.508 e. The number of halogens is 2. The molecular weight excluding hydrogens is 699 g/mol. The third-order valence-electron chi connectivity index (χ3n) is 10.4. The fraction of sp³-hybridized carbons (Fsp3) is 0.325. The molecule has 0 unspecified atom stereocenters. The van der Waals surface area contributed by atoms with Crippen molar-refractivity contribution in [1.82, 2.24) is 24.1 Å². The maximum absolute atomic E-state index is 14.9. The smallest absolute Gasteiger partial charge is 0.264 e. The fourth-order valence-corrected chi connectivity index (χ4v) is 8.03. The SMILES string of the molecule is Cl.Cn1cc(N(C(=O)c2cc(-c3cc(Cl)ccc3C(=O)N3Cc4ccccc4C[C@H]3CN3CCOCC3)n3c2CCCC3)c2ccc(O)cc2)cn1. The molecule has 270 valence electrons. The van der Waals surface area contributed by atoms with E-state index in [0.29, 0.717) is 47.3 Å². The van der Waals surface area contributed by atoms with Crippen LogP contribution >= 0.6 is 24.0 Å². The Labute approximate surface area is 314 Å². The van der Waals surface area contributed by atoms with E-state index in [-0.39, 0.29) is 36.0 Å². The van der Waals surface area contributed by atoms with E-state index >= 15 is 0 Å². The number of hydrogen-bond acceptors (Lipinski definition) is 6. The van der Waals surface area contributed by atoms with Crippen LogP contribution in [0.15, 0.2) is 85.2 Å². The summed E-state index contributed by atoms with van der Waals surface area (Å²) in [4.78, 5) is 35.7. The number of aryl methyl sites for hydroxylation is 1. The van der Waals surface area contributed by atoms with Gasteiger partial charge in [-0.25, -0.2) is 0 Å². The third kappa shape index (κ3) is 6.96. The van der Waals surface area contributed by atoms with Gasteiger partial charge in [0.2, 0.25) is 0 Å². The van der Waals surface area contributed by atoms with Crippen molar-refractivity contribution in [2.45, 2.75) is 44.8 Å². The summed E-state index contributed by atoms with van der Waals surface area (Å²) in [5.74, 6) is -0.142. The Morgan fingerprint density at radius 3 is 2.46 bits per heavy atom. The number of carbonyl (C=O) groups excluding carboxylic acids is 2. The molecule has 1 atom stereocenters. The second-order valence-electron chi connectivity index (χ2n) is 13.7. The summed E-state index contributed by atoms with van der Waals surface area (Å²) in [7, 11) is 1.81. The number of nitrogens with zero attached hydrogens (tertiary/aromatic N) is 6. The Balaban J connectivity index is 0.00000420. The molecule has 8 rings (SSSR count). The average Bonchev–Trinajstić information content (AvgIpc) is 3.76. The van der Waals surface area contributed by atoms with Crippen molar-refractivity contribution in [2.24, 2.45) is 7.05 Å². The van der Waals surface area contributed by atoms with Gasteiger partial charge in [0, 0.05) is 85.2 Å². The lowest BCUT2D eigenvalue weighted by Gasteiger charge is -2.40. The number of anilines is 2. The highest BCUT2D eigenvalue weighted by Crippen LogP contribution is 2.38. The van der Waals surface area contributed by atoms with Crippen molar-refractivity contribution in [3.05, 3.63) is 118 Å². The summed E-state index contributed by atoms with van der Waals surface area (Å²) in [6, 6.07) is 22.4. The highest BCUT2D eigenvalue weighted by Gasteiger charge is 2.35. The van der Waals surface area contributed by atoms with E-state index < -0.39 is 0 Å². The summed E-state index contributed by atoms with van der Waals surface area (Å²) < 4.78 is 9.48. The minimum Gasteiger partial charge on any atom is -0.508 e. The molecule has 3 aromatic carbocycles. The molecule has 1 fully saturated rings. The van der Waals surface area contributed by atoms with E-state index in [2.05, 4.69) is 32.8 Å². The van der Waals surface area contributed by atoms with Crippen LogP contribution in [0.5, 0.6) is 5.75 Å². The minimum absolute atomic E-state index is 0. The van der Waals surface area contributed by atoms with Crippen molar-refractivity contribution in [2.75, 3.05) is 37.7 Å². The molecule has 52 heavy (non-hydrogen) atoms. The summed E-state index contributed by atoms with van der Waals surface area (Å²) in [5.41, 5.74) is 7.26. The second-order valence-corrected chi connectivity index (χ2v) is 14.1. The summed E-state index contributed by atoms with van der Waals surface area (Å²) in [6.07, 6.45) is 6.88. The van der Waals surface area contributed by atoms with Gasteiger partial charge in [-0.3, -0.25) is 24.1 Å². The van der Waals surface area contributed by atoms with Gasteiger partial charge in [0.25, 0.3) is 11.8 Å². The Morgan fingerprint density at radius 1 is 0.942 bits per heavy atom. The Morgan fingerprint density at radius 2 is 1.71 bits per heavy atom. The zero-order valence-corrected chi connectivity index (χ0v) is 30.7. The standard InChI is InChI=1S/C40H41ClN6O4.ClH/c1-43-25-32(23-42-43)47(30-10-12-33(48)13-11-30)40(50)36-22-38(45-15-5-4-8-37(36)45)35-21-29(41)9-14-34(35)39(49)46-24-28-7-3-2-6-27(28)20-31(46)26-44-16-18-51-19-17-44;/h2-3,6-7,9-14,21-23,25,31,48H,4-5,8,15-20,24,26H2,1H3;1H/t31-;/m0./s1. The van der Waals surface area contributed by atoms with E-state index in [4.69, 9.17) is 16.3 Å². The van der Waals surface area contributed by atoms with Gasteiger partial charge in [0.1, 0.15) is 5.75 Å². The van der Waals surface area contributed by atoms with Crippen LogP contribution in [0.25, 0.3) is 11.3 Å². The molecule has 3 aliphatic heterocycles. The topological polar surface area (TPSA) is 96.1 Å². The molecule has 0 saturated carbocycles. The molecule has 0 aliphatic carbocycles. The first-order chi connectivity index (χ1) is 24.8. The number of aromatic hydroxyl groups is 1. The molecule has 0 radical (unpaired) electrons. The number of hydrogen-bond donors (Lipinski definition) is 1. The third-order valence-corrected chi connectivity index (χ3v) is 10.7. The van der Waals surface area contributed by atoms with Crippen LogP contribution in [0.4, 0.5) is 11.4 Å². The van der Waals surface area contributed by atoms with Crippen molar-refractivity contribution in [3.8, 4) is 17.0 Å². The number of phenolic OH excluding ortho intramolecular Hbond substituents is 1. The van der Waals surface area contributed by atoms with Crippen molar-refractivity contribution >= 4 is 47.2 Å². The average molecular weight is 742 g/mol. The van der Waals surface area contributed by atoms with Gasteiger partial charge in [-0.15, -0.1) is 12.4 Å². The van der Waals surface area contributed by atoms with Gasteiger partial charge >= 0.3 is 0 Å². The number of carbonyl (C=O) groups is 2. The summed E-state index contributed by atoms with van der Waals surface area (Å²) in [5, 5.41) is 14.9. The number of aromatic nitrogens is 3. The molecule has 2 amide bonds. The van der Waals surface area contributed by atoms with Crippen LogP contribution in [0, 0.1) is 0 Å². The van der Waals surface area contributed by atoms with E-state index in [1.165, 1.54) is 5.56 Å². The van der Waals surface area contributed by atoms with Crippen molar-refractivity contribution < 1.29 is 19.4 Å². The second kappa shape index (κ2) is 15.2. The molecule has 1 saturated heterocycles. The number of fused-ring (bicyclic) bond motifs is 2. The number of amides is 2. The van der Waals surface area contributed by atoms with Gasteiger partial charge in [-0.05, 0) is 85.3 Å². The first-order valence-corrected chi connectivity index (χ1v) is 18.0. The van der Waals surface area contributed by atoms with Gasteiger partial charge in [0.05, 0.1) is 30.7 Å². The van der Waals surface area contributed by atoms with Gasteiger partial charge < -0.3 is 19.3 Å². The molecule has 0 spiro atoms. The van der Waals surface area contributed by atoms with Crippen LogP contribution in [0.1, 0.15) is 50.4 Å². The summed E-state index contributed by atoms with van der Waals surface area (Å²) >= 11 is 6.70. The molecule has 3 aliphatic rings. The number of benzene rings is 3. The molecule has 0 bridgehead atoms. The molecule has 5 aromatic rings. The highest BCUT2D eigenvalue weighted by molar-refractivity contribution is 6.31. The minimum atomic E-state index is -0.210. The predicted octanol–water partition coefficient (Wildman–Crippen LogP) is 6.88. The van der Waals surface area contributed by atoms with Crippen LogP contribution in [-0.4, -0.2) is 80.0 Å². The first-order valence-electron chi connectivity index (χ1n) is 17.7. The zero-order chi connectivity index (χ0) is 35.1. The lowest BCUT2D eigenvalue weighted by molar-refractivity contribution is 0.0193. The van der Waals surface area contributed by atoms with Gasteiger partial charge in [-0.1, -0.05) is 35.9 Å². The molecule has 1 N–H and O–H groups in total. The lowest BCUT2D eigenvalue weighted by Crippen LogP contribution is -2.52. The van der Waals surface area contributed by atoms with Gasteiger partial charge in [-0.2, -0.15) is 5.10 Å². The Bertz CT molecular complexity index is 2090. The quantitative estimate of drug-likeness (QED) is 0.196. The highest BCUT2D eigenvalue weighted by atomic mass is 35.5. The van der Waals surface area contributed by atoms with Crippen LogP contribution in [0.3, 0.4) is 0 Å². The molecular formula is C40H42Cl2N6O4. The number of phenols is 1. The predicted molar refractivity (Wildman–Crippen MR) is 204 cm³/mol. The van der Waals surface area contributed by atoms with Crippen molar-refractivity contribution in [1.29, 1.82) is 0 Å². The molecule has 12 heteroatoms. The number of morpholine rings is 1. The number of rotatable bonds is 7. The number of ether oxygens (including phenoxy) is 1. The zero-order valence-electron chi connectivity index (χ0n) is 29.1. The molecule has 2 aromatic heterocycles. The fourth-order valence-electron chi connectivity index (χ4n) is 7.85. The van der Waals surface area contributed by atoms with Crippen LogP contribution in [-0.2, 0) is 37.7 Å². The first kappa shape index (κ1) is 35.8. The van der Waals surface area contributed by atoms with Crippen molar-refractivity contribution in [3.63, 3.8) is 0 Å². The Kier molecular flexibility index (Phi) is 10.4. The van der Waals surface area contributed by atoms with E-state index in [1.54, 1.807) is 52.3 Å². The maximum atomic E-state index is 14.9. The van der Waals surface area contributed by atoms with E-state index in [1.807, 2.05) is 36.2 Å². The monoisotopic (exact) mass is 740 g/mol. The normalized spacial score (nSPS) is 17.2. The maximum Gasteiger partial charge on any atom is 0.264 e.